The van der Waals surface area contributed by atoms with Gasteiger partial charge >= 0.3 is 5.97 Å². The first-order valence-electron chi connectivity index (χ1n) is 9.65. The fourth-order valence-corrected chi connectivity index (χ4v) is 3.31. The van der Waals surface area contributed by atoms with Crippen LogP contribution in [0.25, 0.3) is 11.1 Å². The number of ether oxygens (including phenoxy) is 1. The number of hydrogen-bond acceptors (Lipinski definition) is 4. The molecule has 1 atom stereocenters. The first kappa shape index (κ1) is 21.0. The minimum atomic E-state index is -0.576. The van der Waals surface area contributed by atoms with Crippen molar-refractivity contribution in [3.05, 3.63) is 94.4 Å². The minimum absolute atomic E-state index is 0.0108. The molecule has 0 radical (unpaired) electrons. The number of nitrogens with zero attached hydrogens (tertiary/aromatic N) is 1. The summed E-state index contributed by atoms with van der Waals surface area (Å²) in [7, 11) is 1.31. The van der Waals surface area contributed by atoms with Gasteiger partial charge < -0.3 is 14.6 Å². The van der Waals surface area contributed by atoms with E-state index in [4.69, 9.17) is 4.74 Å². The van der Waals surface area contributed by atoms with Gasteiger partial charge in [-0.25, -0.2) is 0 Å². The third-order valence-corrected chi connectivity index (χ3v) is 4.89. The highest BCUT2D eigenvalue weighted by Crippen LogP contribution is 2.27. The Kier molecular flexibility index (Phi) is 6.80. The molecule has 0 saturated heterocycles. The van der Waals surface area contributed by atoms with E-state index in [-0.39, 0.29) is 24.4 Å². The zero-order chi connectivity index (χ0) is 21.5. The molecule has 1 aromatic heterocycles. The fraction of sp³-hybridized carbons (Fsp3) is 0.208. The lowest BCUT2D eigenvalue weighted by Crippen LogP contribution is -2.35. The van der Waals surface area contributed by atoms with Crippen molar-refractivity contribution in [2.75, 3.05) is 7.11 Å². The van der Waals surface area contributed by atoms with Gasteiger partial charge in [0.1, 0.15) is 6.54 Å². The summed E-state index contributed by atoms with van der Waals surface area (Å²) in [4.78, 5) is 36.5. The fourth-order valence-electron chi connectivity index (χ4n) is 3.31. The van der Waals surface area contributed by atoms with E-state index in [0.717, 1.165) is 22.3 Å². The van der Waals surface area contributed by atoms with Crippen LogP contribution in [0.1, 0.15) is 23.6 Å². The van der Waals surface area contributed by atoms with Crippen LogP contribution in [-0.2, 0) is 20.9 Å². The second kappa shape index (κ2) is 9.69. The van der Waals surface area contributed by atoms with E-state index in [9.17, 15) is 14.4 Å². The molecular weight excluding hydrogens is 380 g/mol. The van der Waals surface area contributed by atoms with Crippen molar-refractivity contribution in [2.24, 2.45) is 0 Å². The number of amides is 1. The molecule has 1 N–H and O–H groups in total. The third kappa shape index (κ3) is 5.23. The van der Waals surface area contributed by atoms with Gasteiger partial charge in [0.25, 0.3) is 5.56 Å². The average Bonchev–Trinajstić information content (AvgIpc) is 2.75. The number of methoxy groups -OCH3 is 1. The van der Waals surface area contributed by atoms with Gasteiger partial charge in [-0.2, -0.15) is 0 Å². The molecule has 30 heavy (non-hydrogen) atoms. The van der Waals surface area contributed by atoms with Crippen molar-refractivity contribution >= 4 is 11.9 Å². The van der Waals surface area contributed by atoms with Gasteiger partial charge in [0.05, 0.1) is 19.6 Å². The Bertz CT molecular complexity index is 1100. The van der Waals surface area contributed by atoms with Crippen LogP contribution in [0, 0.1) is 6.92 Å². The summed E-state index contributed by atoms with van der Waals surface area (Å²) in [6.45, 7) is 1.90. The average molecular weight is 404 g/mol. The number of esters is 1. The first-order valence-corrected chi connectivity index (χ1v) is 9.65. The number of rotatable bonds is 7. The summed E-state index contributed by atoms with van der Waals surface area (Å²) in [5.41, 5.74) is 3.73. The second-order valence-corrected chi connectivity index (χ2v) is 7.01. The van der Waals surface area contributed by atoms with Crippen LogP contribution >= 0.6 is 0 Å². The third-order valence-electron chi connectivity index (χ3n) is 4.89. The number of benzene rings is 2. The molecule has 0 unspecified atom stereocenters. The normalized spacial score (nSPS) is 11.5. The zero-order valence-electron chi connectivity index (χ0n) is 17.0. The number of hydrogen-bond donors (Lipinski definition) is 1. The molecular formula is C24H24N2O4. The number of nitrogens with one attached hydrogen (secondary N) is 1. The Hall–Kier alpha value is -3.67. The molecule has 0 spiro atoms. The van der Waals surface area contributed by atoms with Crippen LogP contribution in [0.5, 0.6) is 0 Å². The lowest BCUT2D eigenvalue weighted by molar-refractivity contribution is -0.141. The maximum absolute atomic E-state index is 12.6. The van der Waals surface area contributed by atoms with Crippen molar-refractivity contribution in [1.82, 2.24) is 9.88 Å². The van der Waals surface area contributed by atoms with E-state index >= 15 is 0 Å². The van der Waals surface area contributed by atoms with E-state index < -0.39 is 12.0 Å². The molecule has 0 fully saturated rings. The smallest absolute Gasteiger partial charge is 0.307 e. The summed E-state index contributed by atoms with van der Waals surface area (Å²) in [6.07, 6.45) is 1.54. The number of carbonyl (C=O) groups excluding carboxylic acids is 2. The SMILES string of the molecule is COC(=O)C[C@H](NC(=O)Cn1ccccc1=O)c1cccc(-c2ccccc2C)c1. The van der Waals surface area contributed by atoms with Crippen LogP contribution in [0.3, 0.4) is 0 Å². The van der Waals surface area contributed by atoms with Crippen molar-refractivity contribution in [2.45, 2.75) is 25.9 Å². The van der Waals surface area contributed by atoms with Gasteiger partial charge in [-0.05, 0) is 41.3 Å². The quantitative estimate of drug-likeness (QED) is 0.614. The van der Waals surface area contributed by atoms with Gasteiger partial charge in [-0.3, -0.25) is 14.4 Å². The van der Waals surface area contributed by atoms with E-state index in [0.29, 0.717) is 0 Å². The molecule has 0 aliphatic heterocycles. The van der Waals surface area contributed by atoms with Gasteiger partial charge in [0.15, 0.2) is 0 Å². The Morgan fingerprint density at radius 3 is 2.53 bits per heavy atom. The molecule has 0 aliphatic carbocycles. The number of carbonyl (C=O) groups is 2. The predicted molar refractivity (Wildman–Crippen MR) is 115 cm³/mol. The number of aryl methyl sites for hydroxylation is 1. The van der Waals surface area contributed by atoms with E-state index in [1.54, 1.807) is 18.3 Å². The van der Waals surface area contributed by atoms with E-state index in [1.165, 1.54) is 17.7 Å². The van der Waals surface area contributed by atoms with Crippen LogP contribution in [0.15, 0.2) is 77.7 Å². The zero-order valence-corrected chi connectivity index (χ0v) is 17.0. The molecule has 6 heteroatoms. The van der Waals surface area contributed by atoms with Crippen molar-refractivity contribution < 1.29 is 14.3 Å². The Morgan fingerprint density at radius 2 is 1.80 bits per heavy atom. The second-order valence-electron chi connectivity index (χ2n) is 7.01. The standard InChI is InChI=1S/C24H24N2O4/c1-17-8-3-4-11-20(17)18-9-7-10-19(14-18)21(15-24(29)30-2)25-22(27)16-26-13-6-5-12-23(26)28/h3-14,21H,15-16H2,1-2H3,(H,25,27)/t21-/m0/s1. The summed E-state index contributed by atoms with van der Waals surface area (Å²) < 4.78 is 6.12. The Morgan fingerprint density at radius 1 is 1.03 bits per heavy atom. The molecule has 1 amide bonds. The molecule has 3 aromatic rings. The Labute approximate surface area is 175 Å². The van der Waals surface area contributed by atoms with Crippen LogP contribution in [0.2, 0.25) is 0 Å². The van der Waals surface area contributed by atoms with Crippen LogP contribution in [0.4, 0.5) is 0 Å². The van der Waals surface area contributed by atoms with Crippen molar-refractivity contribution in [3.8, 4) is 11.1 Å². The monoisotopic (exact) mass is 404 g/mol. The van der Waals surface area contributed by atoms with Crippen LogP contribution in [-0.4, -0.2) is 23.6 Å². The van der Waals surface area contributed by atoms with Gasteiger partial charge in [-0.15, -0.1) is 0 Å². The largest absolute Gasteiger partial charge is 0.469 e. The lowest BCUT2D eigenvalue weighted by Gasteiger charge is -2.20. The van der Waals surface area contributed by atoms with E-state index in [1.807, 2.05) is 55.5 Å². The topological polar surface area (TPSA) is 77.4 Å². The first-order chi connectivity index (χ1) is 14.5. The van der Waals surface area contributed by atoms with Gasteiger partial charge in [0, 0.05) is 12.3 Å². The molecule has 3 rings (SSSR count). The molecule has 0 bridgehead atoms. The maximum atomic E-state index is 12.6. The lowest BCUT2D eigenvalue weighted by atomic mass is 9.95. The molecule has 0 saturated carbocycles. The van der Waals surface area contributed by atoms with Gasteiger partial charge in [0.2, 0.25) is 5.91 Å². The molecule has 154 valence electrons. The summed E-state index contributed by atoms with van der Waals surface area (Å²) in [5.74, 6) is -0.794. The van der Waals surface area contributed by atoms with Crippen molar-refractivity contribution in [3.63, 3.8) is 0 Å². The molecule has 1 heterocycles. The number of pyridine rings is 1. The minimum Gasteiger partial charge on any atom is -0.469 e. The number of aromatic nitrogens is 1. The Balaban J connectivity index is 1.87. The van der Waals surface area contributed by atoms with E-state index in [2.05, 4.69) is 5.32 Å². The highest BCUT2D eigenvalue weighted by molar-refractivity contribution is 5.78. The summed E-state index contributed by atoms with van der Waals surface area (Å²) in [6, 6.07) is 19.9. The molecule has 0 aliphatic rings. The van der Waals surface area contributed by atoms with Gasteiger partial charge in [-0.1, -0.05) is 48.5 Å². The molecule has 6 nitrogen and oxygen atoms in total. The van der Waals surface area contributed by atoms with Crippen LogP contribution < -0.4 is 10.9 Å². The molecule has 2 aromatic carbocycles. The highest BCUT2D eigenvalue weighted by Gasteiger charge is 2.20. The summed E-state index contributed by atoms with van der Waals surface area (Å²) >= 11 is 0. The highest BCUT2D eigenvalue weighted by atomic mass is 16.5. The predicted octanol–water partition coefficient (Wildman–Crippen LogP) is 3.24. The maximum Gasteiger partial charge on any atom is 0.307 e. The van der Waals surface area contributed by atoms with Crippen molar-refractivity contribution in [1.29, 1.82) is 0 Å². The summed E-state index contributed by atoms with van der Waals surface area (Å²) in [5, 5.41) is 2.87.